The van der Waals surface area contributed by atoms with E-state index in [0.29, 0.717) is 5.57 Å². The Kier molecular flexibility index (Phi) is 6.80. The van der Waals surface area contributed by atoms with Crippen LogP contribution in [-0.4, -0.2) is 10.2 Å². The normalized spacial score (nSPS) is 12.0. The number of carbonyl (C=O) groups excluding carboxylic acids is 1. The van der Waals surface area contributed by atoms with Gasteiger partial charge < -0.3 is 4.40 Å². The zero-order chi connectivity index (χ0) is 26.7. The molecule has 6 aromatic rings. The highest BCUT2D eigenvalue weighted by atomic mass is 31.2. The van der Waals surface area contributed by atoms with Crippen molar-refractivity contribution in [2.75, 3.05) is 0 Å². The van der Waals surface area contributed by atoms with Crippen molar-refractivity contribution in [2.45, 2.75) is 6.92 Å². The van der Waals surface area contributed by atoms with Gasteiger partial charge in [-0.3, -0.25) is 4.79 Å². The largest absolute Gasteiger partial charge is 0.313 e. The van der Waals surface area contributed by atoms with Crippen molar-refractivity contribution in [1.82, 2.24) is 4.40 Å². The quantitative estimate of drug-likeness (QED) is 0.169. The van der Waals surface area contributed by atoms with Crippen molar-refractivity contribution in [3.63, 3.8) is 0 Å². The van der Waals surface area contributed by atoms with Crippen LogP contribution in [0.5, 0.6) is 0 Å². The molecule has 3 heteroatoms. The lowest BCUT2D eigenvalue weighted by atomic mass is 10.0. The van der Waals surface area contributed by atoms with Crippen molar-refractivity contribution >= 4 is 51.4 Å². The van der Waals surface area contributed by atoms with E-state index in [-0.39, 0.29) is 5.78 Å². The topological polar surface area (TPSA) is 21.5 Å². The zero-order valence-corrected chi connectivity index (χ0v) is 22.7. The summed E-state index contributed by atoms with van der Waals surface area (Å²) in [6.07, 6.45) is 4.11. The second-order valence-corrected chi connectivity index (χ2v) is 12.9. The van der Waals surface area contributed by atoms with Gasteiger partial charge in [-0.15, -0.1) is 0 Å². The number of Topliss-reactive ketones (excluding diaryl/α,β-unsaturated/α-hetero) is 1. The number of aromatic nitrogens is 1. The van der Waals surface area contributed by atoms with Gasteiger partial charge in [0.25, 0.3) is 0 Å². The molecule has 2 aromatic heterocycles. The number of allylic oxidation sites excluding steroid dienone is 1. The van der Waals surface area contributed by atoms with Crippen molar-refractivity contribution in [3.05, 3.63) is 163 Å². The Morgan fingerprint density at radius 1 is 0.615 bits per heavy atom. The van der Waals surface area contributed by atoms with E-state index in [1.807, 2.05) is 42.5 Å². The minimum absolute atomic E-state index is 0.0382. The summed E-state index contributed by atoms with van der Waals surface area (Å²) >= 11 is 0. The molecule has 0 saturated heterocycles. The first kappa shape index (κ1) is 24.8. The summed E-state index contributed by atoms with van der Waals surface area (Å²) < 4.78 is 2.19. The average Bonchev–Trinajstić information content (AvgIpc) is 3.38. The van der Waals surface area contributed by atoms with Gasteiger partial charge in [0.2, 0.25) is 0 Å². The summed E-state index contributed by atoms with van der Waals surface area (Å²) in [7, 11) is -2.43. The monoisotopic (exact) mass is 522 g/mol. The maximum absolute atomic E-state index is 13.5. The van der Waals surface area contributed by atoms with E-state index in [1.54, 1.807) is 6.92 Å². The Morgan fingerprint density at radius 3 is 1.56 bits per heavy atom. The Labute approximate surface area is 230 Å². The summed E-state index contributed by atoms with van der Waals surface area (Å²) in [5, 5.41) is 4.93. The third-order valence-corrected chi connectivity index (χ3v) is 11.5. The molecule has 0 amide bonds. The van der Waals surface area contributed by atoms with Crippen LogP contribution < -0.4 is 21.2 Å². The molecular formula is C36H29NOP+. The predicted octanol–water partition coefficient (Wildman–Crippen LogP) is 6.69. The highest BCUT2D eigenvalue weighted by Crippen LogP contribution is 2.56. The molecule has 0 atom stereocenters. The van der Waals surface area contributed by atoms with E-state index in [1.165, 1.54) is 21.2 Å². The minimum Gasteiger partial charge on any atom is -0.313 e. The number of carbonyl (C=O) groups is 1. The molecule has 2 heterocycles. The van der Waals surface area contributed by atoms with Gasteiger partial charge in [0.15, 0.2) is 5.78 Å². The van der Waals surface area contributed by atoms with Crippen LogP contribution in [0.1, 0.15) is 18.2 Å². The molecule has 0 aliphatic carbocycles. The smallest absolute Gasteiger partial charge is 0.162 e. The third kappa shape index (κ3) is 4.44. The molecule has 6 rings (SSSR count). The second-order valence-electron chi connectivity index (χ2n) is 9.58. The molecule has 0 aliphatic rings. The third-order valence-electron chi connectivity index (χ3n) is 7.20. The van der Waals surface area contributed by atoms with Gasteiger partial charge in [-0.05, 0) is 67.1 Å². The van der Waals surface area contributed by atoms with E-state index in [2.05, 4.69) is 120 Å². The van der Waals surface area contributed by atoms with Gasteiger partial charge in [-0.1, -0.05) is 91.0 Å². The number of pyridine rings is 1. The van der Waals surface area contributed by atoms with Crippen LogP contribution in [0.2, 0.25) is 0 Å². The maximum atomic E-state index is 13.5. The van der Waals surface area contributed by atoms with Crippen LogP contribution in [0.25, 0.3) is 17.2 Å². The maximum Gasteiger partial charge on any atom is 0.162 e. The molecule has 4 aromatic carbocycles. The Hall–Kier alpha value is -4.52. The van der Waals surface area contributed by atoms with Crippen molar-refractivity contribution in [3.8, 4) is 0 Å². The molecule has 0 N–H and O–H groups in total. The summed E-state index contributed by atoms with van der Waals surface area (Å²) in [5.41, 5.74) is 3.72. The first-order chi connectivity index (χ1) is 19.2. The molecule has 188 valence electrons. The SMILES string of the molecule is CC(=O)/C(=C/c1ccccc1)c1c([P+](c2ccccc2)(c2ccccc2)c2ccccc2)cc2ccccn12. The molecule has 39 heavy (non-hydrogen) atoms. The molecule has 2 nitrogen and oxygen atoms in total. The number of hydrogen-bond acceptors (Lipinski definition) is 1. The van der Waals surface area contributed by atoms with Crippen LogP contribution >= 0.6 is 7.26 Å². The lowest BCUT2D eigenvalue weighted by molar-refractivity contribution is -0.111. The predicted molar refractivity (Wildman–Crippen MR) is 167 cm³/mol. The molecule has 0 saturated carbocycles. The average molecular weight is 523 g/mol. The van der Waals surface area contributed by atoms with Gasteiger partial charge in [0.05, 0.1) is 0 Å². The molecule has 0 aliphatic heterocycles. The van der Waals surface area contributed by atoms with E-state index >= 15 is 0 Å². The second kappa shape index (κ2) is 10.7. The molecule has 0 spiro atoms. The van der Waals surface area contributed by atoms with Crippen LogP contribution in [0.15, 0.2) is 152 Å². The van der Waals surface area contributed by atoms with E-state index in [4.69, 9.17) is 0 Å². The van der Waals surface area contributed by atoms with Crippen LogP contribution in [0, 0.1) is 0 Å². The highest BCUT2D eigenvalue weighted by molar-refractivity contribution is 8.01. The Balaban J connectivity index is 1.81. The van der Waals surface area contributed by atoms with Gasteiger partial charge in [0.1, 0.15) is 34.2 Å². The van der Waals surface area contributed by atoms with Crippen LogP contribution in [0.4, 0.5) is 0 Å². The molecule has 0 bridgehead atoms. The fourth-order valence-electron chi connectivity index (χ4n) is 5.50. The molecular weight excluding hydrogens is 493 g/mol. The number of hydrogen-bond donors (Lipinski definition) is 0. The van der Waals surface area contributed by atoms with Gasteiger partial charge in [-0.25, -0.2) is 0 Å². The summed E-state index contributed by atoms with van der Waals surface area (Å²) in [4.78, 5) is 13.5. The highest BCUT2D eigenvalue weighted by Gasteiger charge is 2.51. The van der Waals surface area contributed by atoms with E-state index < -0.39 is 7.26 Å². The van der Waals surface area contributed by atoms with Gasteiger partial charge in [-0.2, -0.15) is 0 Å². The number of ketones is 1. The first-order valence-electron chi connectivity index (χ1n) is 13.1. The lowest BCUT2D eigenvalue weighted by Gasteiger charge is -2.28. The molecule has 0 unspecified atom stereocenters. The van der Waals surface area contributed by atoms with Crippen molar-refractivity contribution < 1.29 is 4.79 Å². The van der Waals surface area contributed by atoms with Crippen molar-refractivity contribution in [2.24, 2.45) is 0 Å². The van der Waals surface area contributed by atoms with Crippen molar-refractivity contribution in [1.29, 1.82) is 0 Å². The zero-order valence-electron chi connectivity index (χ0n) is 21.8. The van der Waals surface area contributed by atoms with Gasteiger partial charge in [0, 0.05) is 23.4 Å². The van der Waals surface area contributed by atoms with E-state index in [9.17, 15) is 4.79 Å². The minimum atomic E-state index is -2.43. The summed E-state index contributed by atoms with van der Waals surface area (Å²) in [5.74, 6) is 0.0382. The lowest BCUT2D eigenvalue weighted by Crippen LogP contribution is -2.39. The van der Waals surface area contributed by atoms with Crippen LogP contribution in [-0.2, 0) is 4.79 Å². The summed E-state index contributed by atoms with van der Waals surface area (Å²) in [6, 6.07) is 51.1. The number of rotatable bonds is 7. The van der Waals surface area contributed by atoms with Gasteiger partial charge >= 0.3 is 0 Å². The van der Waals surface area contributed by atoms with E-state index in [0.717, 1.165) is 16.8 Å². The standard InChI is InChI=1S/C36H29NOP/c1-28(38)34(26-29-16-6-2-7-17-29)36-35(27-30-18-14-15-25-37(30)36)39(31-19-8-3-9-20-31,32-21-10-4-11-22-32)33-23-12-5-13-24-33/h2-27H,1H3/q+1/b34-26-. The fraction of sp³-hybridized carbons (Fsp3) is 0.0278. The van der Waals surface area contributed by atoms with Crippen LogP contribution in [0.3, 0.4) is 0 Å². The number of benzene rings is 4. The Bertz CT molecular complexity index is 1660. The number of fused-ring (bicyclic) bond motifs is 1. The first-order valence-corrected chi connectivity index (χ1v) is 14.9. The fourth-order valence-corrected chi connectivity index (χ4v) is 9.96. The number of nitrogens with zero attached hydrogens (tertiary/aromatic N) is 1. The molecule has 0 fully saturated rings. The Morgan fingerprint density at radius 2 is 1.08 bits per heavy atom. The molecule has 0 radical (unpaired) electrons. The summed E-state index contributed by atoms with van der Waals surface area (Å²) in [6.45, 7) is 1.68.